The van der Waals surface area contributed by atoms with Crippen LogP contribution in [0.15, 0.2) is 23.5 Å². The number of nitrogens with two attached hydrogens (primary N) is 1. The maximum absolute atomic E-state index is 11.3. The monoisotopic (exact) mass is 304 g/mol. The zero-order chi connectivity index (χ0) is 15.6. The van der Waals surface area contributed by atoms with E-state index in [0.29, 0.717) is 16.5 Å². The molecule has 0 atom stereocenters. The van der Waals surface area contributed by atoms with Crippen molar-refractivity contribution in [2.75, 3.05) is 17.3 Å². The van der Waals surface area contributed by atoms with Crippen LogP contribution in [0.2, 0.25) is 0 Å². The minimum Gasteiger partial charge on any atom is -0.477 e. The van der Waals surface area contributed by atoms with Crippen molar-refractivity contribution in [3.05, 3.63) is 35.0 Å². The van der Waals surface area contributed by atoms with Crippen LogP contribution < -0.4 is 11.1 Å². The molecule has 21 heavy (non-hydrogen) atoms. The Labute approximate surface area is 126 Å². The summed E-state index contributed by atoms with van der Waals surface area (Å²) in [5.74, 6) is -0.855. The van der Waals surface area contributed by atoms with Gasteiger partial charge in [0.2, 0.25) is 0 Å². The number of thioether (sulfide) groups is 1. The van der Waals surface area contributed by atoms with Crippen molar-refractivity contribution in [1.29, 1.82) is 0 Å². The number of nitrogens with one attached hydrogen (secondary N) is 1. The summed E-state index contributed by atoms with van der Waals surface area (Å²) in [5, 5.41) is 12.7. The lowest BCUT2D eigenvalue weighted by Gasteiger charge is -2.14. The van der Waals surface area contributed by atoms with Gasteiger partial charge < -0.3 is 16.2 Å². The number of hydrogen-bond acceptors (Lipinski definition) is 6. The number of nitrogens with zero attached hydrogens (tertiary/aromatic N) is 2. The molecule has 1 heterocycles. The maximum Gasteiger partial charge on any atom is 0.341 e. The lowest BCUT2D eigenvalue weighted by Crippen LogP contribution is -2.08. The number of carboxylic acid groups (broad SMARTS) is 1. The standard InChI is InChI=1S/C14H16N4O2S/c1-7-4-8(2)11(15)10(5-7)17-12-9(13(19)20)6-16-14(18-12)21-3/h4-6H,15H2,1-3H3,(H,19,20)(H,16,17,18). The third-order valence-electron chi connectivity index (χ3n) is 2.96. The SMILES string of the molecule is CSc1ncc(C(=O)O)c(Nc2cc(C)cc(C)c2N)n1. The molecule has 0 saturated heterocycles. The fraction of sp³-hybridized carbons (Fsp3) is 0.214. The molecule has 0 unspecified atom stereocenters. The molecule has 0 aliphatic heterocycles. The van der Waals surface area contributed by atoms with Crippen molar-refractivity contribution in [3.63, 3.8) is 0 Å². The summed E-state index contributed by atoms with van der Waals surface area (Å²) in [6.45, 7) is 3.85. The first-order valence-corrected chi connectivity index (χ1v) is 7.43. The summed E-state index contributed by atoms with van der Waals surface area (Å²) < 4.78 is 0. The zero-order valence-electron chi connectivity index (χ0n) is 12.0. The Bertz CT molecular complexity index is 704. The Balaban J connectivity index is 2.50. The molecule has 0 saturated carbocycles. The third-order valence-corrected chi connectivity index (χ3v) is 3.53. The van der Waals surface area contributed by atoms with E-state index < -0.39 is 5.97 Å². The van der Waals surface area contributed by atoms with Gasteiger partial charge in [0, 0.05) is 6.20 Å². The average Bonchev–Trinajstić information content (AvgIpc) is 2.43. The van der Waals surface area contributed by atoms with Crippen LogP contribution in [0.4, 0.5) is 17.2 Å². The van der Waals surface area contributed by atoms with Gasteiger partial charge in [-0.1, -0.05) is 17.8 Å². The molecule has 0 amide bonds. The van der Waals surface area contributed by atoms with Crippen molar-refractivity contribution in [2.45, 2.75) is 19.0 Å². The number of rotatable bonds is 4. The van der Waals surface area contributed by atoms with Gasteiger partial charge in [-0.2, -0.15) is 0 Å². The molecule has 0 spiro atoms. The van der Waals surface area contributed by atoms with E-state index in [0.717, 1.165) is 11.1 Å². The summed E-state index contributed by atoms with van der Waals surface area (Å²) in [6.07, 6.45) is 3.12. The molecule has 6 nitrogen and oxygen atoms in total. The molecule has 1 aromatic carbocycles. The molecule has 2 rings (SSSR count). The van der Waals surface area contributed by atoms with E-state index in [9.17, 15) is 9.90 Å². The van der Waals surface area contributed by atoms with Crippen molar-refractivity contribution >= 4 is 34.9 Å². The summed E-state index contributed by atoms with van der Waals surface area (Å²) >= 11 is 1.34. The molecule has 0 bridgehead atoms. The Morgan fingerprint density at radius 2 is 2.10 bits per heavy atom. The largest absolute Gasteiger partial charge is 0.477 e. The molecular weight excluding hydrogens is 288 g/mol. The van der Waals surface area contributed by atoms with Crippen LogP contribution in [-0.2, 0) is 0 Å². The van der Waals surface area contributed by atoms with Gasteiger partial charge >= 0.3 is 5.97 Å². The van der Waals surface area contributed by atoms with Gasteiger partial charge in [-0.3, -0.25) is 0 Å². The normalized spacial score (nSPS) is 10.4. The zero-order valence-corrected chi connectivity index (χ0v) is 12.8. The van der Waals surface area contributed by atoms with Crippen LogP contribution in [0, 0.1) is 13.8 Å². The highest BCUT2D eigenvalue weighted by Crippen LogP contribution is 2.28. The molecule has 0 aliphatic rings. The van der Waals surface area contributed by atoms with E-state index in [1.807, 2.05) is 32.2 Å². The fourth-order valence-corrected chi connectivity index (χ4v) is 2.27. The number of benzene rings is 1. The number of aromatic carboxylic acids is 1. The van der Waals surface area contributed by atoms with Gasteiger partial charge in [0.15, 0.2) is 5.16 Å². The van der Waals surface area contributed by atoms with Gasteiger partial charge in [0.25, 0.3) is 0 Å². The van der Waals surface area contributed by atoms with Gasteiger partial charge in [0.05, 0.1) is 11.4 Å². The highest BCUT2D eigenvalue weighted by Gasteiger charge is 2.15. The van der Waals surface area contributed by atoms with Crippen LogP contribution in [0.25, 0.3) is 0 Å². The van der Waals surface area contributed by atoms with Crippen LogP contribution in [0.3, 0.4) is 0 Å². The predicted octanol–water partition coefficient (Wildman–Crippen LogP) is 2.84. The third kappa shape index (κ3) is 3.25. The van der Waals surface area contributed by atoms with Gasteiger partial charge in [-0.25, -0.2) is 14.8 Å². The van der Waals surface area contributed by atoms with Crippen molar-refractivity contribution in [1.82, 2.24) is 9.97 Å². The average molecular weight is 304 g/mol. The van der Waals surface area contributed by atoms with E-state index in [4.69, 9.17) is 5.73 Å². The molecule has 110 valence electrons. The molecule has 0 aliphatic carbocycles. The van der Waals surface area contributed by atoms with Crippen molar-refractivity contribution in [2.24, 2.45) is 0 Å². The minimum absolute atomic E-state index is 0.00589. The lowest BCUT2D eigenvalue weighted by molar-refractivity contribution is 0.0697. The van der Waals surface area contributed by atoms with Crippen molar-refractivity contribution < 1.29 is 9.90 Å². The van der Waals surface area contributed by atoms with E-state index in [-0.39, 0.29) is 11.4 Å². The number of carboxylic acids is 1. The Hall–Kier alpha value is -2.28. The molecule has 1 aromatic heterocycles. The Morgan fingerprint density at radius 3 is 2.71 bits per heavy atom. The molecule has 0 fully saturated rings. The van der Waals surface area contributed by atoms with Gasteiger partial charge in [-0.05, 0) is 37.3 Å². The quantitative estimate of drug-likeness (QED) is 0.453. The first-order valence-electron chi connectivity index (χ1n) is 6.20. The minimum atomic E-state index is -1.09. The fourth-order valence-electron chi connectivity index (χ4n) is 1.93. The number of aromatic nitrogens is 2. The van der Waals surface area contributed by atoms with Crippen LogP contribution in [0.5, 0.6) is 0 Å². The number of hydrogen-bond donors (Lipinski definition) is 3. The van der Waals surface area contributed by atoms with E-state index in [2.05, 4.69) is 15.3 Å². The molecule has 7 heteroatoms. The first-order chi connectivity index (χ1) is 9.92. The van der Waals surface area contributed by atoms with E-state index in [1.165, 1.54) is 18.0 Å². The highest BCUT2D eigenvalue weighted by molar-refractivity contribution is 7.98. The van der Waals surface area contributed by atoms with E-state index in [1.54, 1.807) is 0 Å². The maximum atomic E-state index is 11.3. The number of carbonyl (C=O) groups is 1. The second-order valence-electron chi connectivity index (χ2n) is 4.59. The second-order valence-corrected chi connectivity index (χ2v) is 5.37. The summed E-state index contributed by atoms with van der Waals surface area (Å²) in [5.41, 5.74) is 9.21. The van der Waals surface area contributed by atoms with Gasteiger partial charge in [-0.15, -0.1) is 0 Å². The van der Waals surface area contributed by atoms with Crippen LogP contribution >= 0.6 is 11.8 Å². The Morgan fingerprint density at radius 1 is 1.38 bits per heavy atom. The second kappa shape index (κ2) is 6.01. The lowest BCUT2D eigenvalue weighted by atomic mass is 10.1. The summed E-state index contributed by atoms with van der Waals surface area (Å²) in [7, 11) is 0. The number of nitrogen functional groups attached to an aromatic ring is 1. The number of aryl methyl sites for hydroxylation is 2. The molecule has 0 radical (unpaired) electrons. The van der Waals surface area contributed by atoms with Crippen molar-refractivity contribution in [3.8, 4) is 0 Å². The number of anilines is 3. The summed E-state index contributed by atoms with van der Waals surface area (Å²) in [4.78, 5) is 19.5. The molecular formula is C14H16N4O2S. The van der Waals surface area contributed by atoms with E-state index >= 15 is 0 Å². The predicted molar refractivity (Wildman–Crippen MR) is 84.4 cm³/mol. The highest BCUT2D eigenvalue weighted by atomic mass is 32.2. The smallest absolute Gasteiger partial charge is 0.341 e. The topological polar surface area (TPSA) is 101 Å². The molecule has 2 aromatic rings. The Kier molecular flexibility index (Phi) is 4.32. The molecule has 4 N–H and O–H groups in total. The van der Waals surface area contributed by atoms with Crippen LogP contribution in [0.1, 0.15) is 21.5 Å². The van der Waals surface area contributed by atoms with Gasteiger partial charge in [0.1, 0.15) is 11.4 Å². The first kappa shape index (κ1) is 15.1. The summed E-state index contributed by atoms with van der Waals surface area (Å²) in [6, 6.07) is 3.82. The van der Waals surface area contributed by atoms with Crippen LogP contribution in [-0.4, -0.2) is 27.3 Å².